The summed E-state index contributed by atoms with van der Waals surface area (Å²) >= 11 is 0. The molecular weight excluding hydrogens is 214 g/mol. The van der Waals surface area contributed by atoms with Crippen molar-refractivity contribution in [3.05, 3.63) is 0 Å². The third kappa shape index (κ3) is 95.6. The summed E-state index contributed by atoms with van der Waals surface area (Å²) in [6, 6.07) is 0. The molecule has 0 N–H and O–H groups in total. The molecule has 0 aliphatic carbocycles. The smallest absolute Gasteiger partial charge is 0 e. The second-order valence-electron chi connectivity index (χ2n) is 0.500. The van der Waals surface area contributed by atoms with Crippen LogP contribution in [0.1, 0.15) is 8.56 Å². The van der Waals surface area contributed by atoms with Gasteiger partial charge in [-0.05, 0) is 0 Å². The van der Waals surface area contributed by atoms with Crippen LogP contribution in [0.3, 0.4) is 0 Å². The fraction of sp³-hybridized carbons (Fsp3) is 0. The summed E-state index contributed by atoms with van der Waals surface area (Å²) in [6.07, 6.45) is 0. The summed E-state index contributed by atoms with van der Waals surface area (Å²) in [5, 5.41) is 0. The minimum Gasteiger partial charge on any atom is -0.894 e. The van der Waals surface area contributed by atoms with Crippen LogP contribution in [0.25, 0.3) is 0 Å². The van der Waals surface area contributed by atoms with Crippen LogP contribution in [-0.4, -0.2) is 33.5 Å². The van der Waals surface area contributed by atoms with Gasteiger partial charge in [-0.15, -0.1) is 0 Å². The van der Waals surface area contributed by atoms with E-state index >= 15 is 0 Å². The van der Waals surface area contributed by atoms with Crippen LogP contribution < -0.4 is 19.2 Å². The minimum atomic E-state index is -5.61. The first-order valence-electron chi connectivity index (χ1n) is 0.816. The van der Waals surface area contributed by atoms with E-state index in [2.05, 4.69) is 0 Å². The van der Waals surface area contributed by atoms with E-state index in [9.17, 15) is 0 Å². The number of hydrogen-bond acceptors (Lipinski definition) is 4. The molecule has 0 unspecified atom stereocenters. The Morgan fingerprint density at radius 2 is 1.00 bits per heavy atom. The molecule has 0 aliphatic rings. The summed E-state index contributed by atoms with van der Waals surface area (Å²) in [4.78, 5) is 34.3. The van der Waals surface area contributed by atoms with Crippen molar-refractivity contribution >= 4 is 33.5 Å². The summed E-state index contributed by atoms with van der Waals surface area (Å²) < 4.78 is 0. The maximum absolute atomic E-state index is 8.58. The van der Waals surface area contributed by atoms with E-state index in [1.807, 2.05) is 0 Å². The summed E-state index contributed by atoms with van der Waals surface area (Å²) in [5.41, 5.74) is 0. The van der Waals surface area contributed by atoms with E-state index in [1.54, 1.807) is 0 Å². The van der Waals surface area contributed by atoms with Gasteiger partial charge in [0.05, 0.1) is 0 Å². The van der Waals surface area contributed by atoms with E-state index in [4.69, 9.17) is 19.2 Å². The predicted molar refractivity (Wildman–Crippen MR) is 24.2 cm³/mol. The minimum absolute atomic E-state index is 0. The van der Waals surface area contributed by atoms with E-state index < -0.39 is 9.05 Å². The summed E-state index contributed by atoms with van der Waals surface area (Å²) in [7, 11) is -5.61. The molecule has 0 aromatic heterocycles. The van der Waals surface area contributed by atoms with Gasteiger partial charge in [0.15, 0.2) is 0 Å². The standard InChI is InChI=1S/O4Si.Sb.6H2/c1-5(2,3)4;;;;;;;/h;;6*1H/q-4;;;;;;;. The first-order chi connectivity index (χ1) is 2.00. The van der Waals surface area contributed by atoms with Crippen molar-refractivity contribution in [2.24, 2.45) is 0 Å². The van der Waals surface area contributed by atoms with Gasteiger partial charge >= 0.3 is 0 Å². The van der Waals surface area contributed by atoms with Gasteiger partial charge in [0.2, 0.25) is 0 Å². The van der Waals surface area contributed by atoms with Gasteiger partial charge in [0.1, 0.15) is 0 Å². The van der Waals surface area contributed by atoms with Gasteiger partial charge in [0.25, 0.3) is 0 Å². The molecule has 0 aliphatic heterocycles. The Morgan fingerprint density at radius 3 is 1.00 bits per heavy atom. The third-order valence-electron chi connectivity index (χ3n) is 0. The largest absolute Gasteiger partial charge is 0.894 e. The molecule has 0 saturated carbocycles. The molecule has 3 radical (unpaired) electrons. The van der Waals surface area contributed by atoms with Crippen molar-refractivity contribution in [1.82, 2.24) is 0 Å². The zero-order valence-corrected chi connectivity index (χ0v) is 6.13. The number of hydrogen-bond donors (Lipinski definition) is 0. The van der Waals surface area contributed by atoms with Crippen LogP contribution in [0.15, 0.2) is 0 Å². The van der Waals surface area contributed by atoms with Gasteiger partial charge < -0.3 is 28.2 Å². The van der Waals surface area contributed by atoms with Gasteiger partial charge in [-0.1, -0.05) is 0 Å². The molecule has 0 fully saturated rings. The Balaban J connectivity index is -0.00000000381. The molecule has 4 nitrogen and oxygen atoms in total. The van der Waals surface area contributed by atoms with Crippen molar-refractivity contribution in [3.63, 3.8) is 0 Å². The van der Waals surface area contributed by atoms with Crippen molar-refractivity contribution in [3.8, 4) is 0 Å². The Hall–Kier alpha value is 0.875. The maximum Gasteiger partial charge on any atom is 0 e. The summed E-state index contributed by atoms with van der Waals surface area (Å²) in [6.45, 7) is 0. The monoisotopic (exact) mass is 225 g/mol. The zero-order chi connectivity index (χ0) is 4.50. The van der Waals surface area contributed by atoms with E-state index in [0.29, 0.717) is 0 Å². The van der Waals surface area contributed by atoms with Gasteiger partial charge in [-0.25, -0.2) is 0 Å². The van der Waals surface area contributed by atoms with Gasteiger partial charge in [0, 0.05) is 33.0 Å². The molecule has 0 saturated heterocycles. The first-order valence-corrected chi connectivity index (χ1v) is 2.45. The third-order valence-corrected chi connectivity index (χ3v) is 0. The van der Waals surface area contributed by atoms with Crippen molar-refractivity contribution < 1.29 is 27.7 Å². The van der Waals surface area contributed by atoms with Gasteiger partial charge in [-0.3, -0.25) is 0 Å². The molecule has 49 valence electrons. The topological polar surface area (TPSA) is 92.2 Å². The molecule has 0 heterocycles. The molecular formula is H12O4SbSi-4. The molecule has 0 atom stereocenters. The SMILES string of the molecule is [HH].[HH].[HH].[HH].[HH].[HH].[O-][Si]([O-])([O-])[O-].[Sb]. The summed E-state index contributed by atoms with van der Waals surface area (Å²) in [5.74, 6) is 0. The average molecular weight is 226 g/mol. The Morgan fingerprint density at radius 1 is 1.00 bits per heavy atom. The maximum atomic E-state index is 8.58. The Labute approximate surface area is 61.9 Å². The van der Waals surface area contributed by atoms with Crippen LogP contribution in [-0.2, 0) is 0 Å². The van der Waals surface area contributed by atoms with Crippen LogP contribution in [0, 0.1) is 0 Å². The normalized spacial score (nSPS) is 10.0. The van der Waals surface area contributed by atoms with Crippen molar-refractivity contribution in [2.45, 2.75) is 0 Å². The van der Waals surface area contributed by atoms with Crippen LogP contribution >= 0.6 is 0 Å². The average Bonchev–Trinajstić information content (AvgIpc) is 0.722. The second-order valence-corrected chi connectivity index (χ2v) is 1.50. The Bertz CT molecular complexity index is 35.0. The Kier molecular flexibility index (Phi) is 4.92. The molecule has 0 bridgehead atoms. The first kappa shape index (κ1) is 9.98. The molecule has 6 heavy (non-hydrogen) atoms. The van der Waals surface area contributed by atoms with E-state index in [0.717, 1.165) is 0 Å². The molecule has 0 aromatic carbocycles. The molecule has 6 heteroatoms. The molecule has 0 spiro atoms. The van der Waals surface area contributed by atoms with Crippen LogP contribution in [0.4, 0.5) is 0 Å². The van der Waals surface area contributed by atoms with Crippen LogP contribution in [0.2, 0.25) is 0 Å². The van der Waals surface area contributed by atoms with E-state index in [1.165, 1.54) is 0 Å². The molecule has 0 rings (SSSR count). The fourth-order valence-electron chi connectivity index (χ4n) is 0. The molecule has 0 amide bonds. The van der Waals surface area contributed by atoms with Crippen molar-refractivity contribution in [2.75, 3.05) is 0 Å². The van der Waals surface area contributed by atoms with E-state index in [-0.39, 0.29) is 33.0 Å². The predicted octanol–water partition coefficient (Wildman–Crippen LogP) is -4.04. The second kappa shape index (κ2) is 2.95. The van der Waals surface area contributed by atoms with Crippen LogP contribution in [0.5, 0.6) is 0 Å². The quantitative estimate of drug-likeness (QED) is 0.393. The number of rotatable bonds is 0. The fourth-order valence-corrected chi connectivity index (χ4v) is 0. The van der Waals surface area contributed by atoms with Crippen molar-refractivity contribution in [1.29, 1.82) is 0 Å². The zero-order valence-electron chi connectivity index (χ0n) is 2.58. The molecule has 0 aromatic rings. The van der Waals surface area contributed by atoms with Gasteiger partial charge in [-0.2, -0.15) is 0 Å².